The number of hydrogen-bond donors (Lipinski definition) is 4. The van der Waals surface area contributed by atoms with Gasteiger partial charge < -0.3 is 25.4 Å². The summed E-state index contributed by atoms with van der Waals surface area (Å²) >= 11 is 1.56. The molecule has 0 spiro atoms. The van der Waals surface area contributed by atoms with Gasteiger partial charge in [0.2, 0.25) is 11.7 Å². The van der Waals surface area contributed by atoms with Crippen LogP contribution in [-0.2, 0) is 4.79 Å². The van der Waals surface area contributed by atoms with Gasteiger partial charge in [-0.2, -0.15) is 11.3 Å². The van der Waals surface area contributed by atoms with Crippen LogP contribution < -0.4 is 10.6 Å². The third kappa shape index (κ3) is 2.56. The Labute approximate surface area is 176 Å². The number of anilines is 1. The molecule has 0 aliphatic heterocycles. The van der Waals surface area contributed by atoms with E-state index in [1.807, 2.05) is 16.8 Å². The number of carbonyl (C=O) groups is 1. The van der Waals surface area contributed by atoms with Crippen molar-refractivity contribution in [2.45, 2.75) is 24.7 Å². The second-order valence-electron chi connectivity index (χ2n) is 7.59. The number of fused-ring (bicyclic) bond motifs is 2. The Balaban J connectivity index is 1.59. The summed E-state index contributed by atoms with van der Waals surface area (Å²) < 4.78 is 1.74. The average Bonchev–Trinajstić information content (AvgIpc) is 3.06. The van der Waals surface area contributed by atoms with Crippen molar-refractivity contribution in [3.05, 3.63) is 34.5 Å². The summed E-state index contributed by atoms with van der Waals surface area (Å²) in [6.45, 7) is 0. The fourth-order valence-electron chi connectivity index (χ4n) is 4.62. The van der Waals surface area contributed by atoms with E-state index in [1.54, 1.807) is 29.3 Å². The van der Waals surface area contributed by atoms with Gasteiger partial charge in [-0.15, -0.1) is 0 Å². The standard InChI is InChI=1S/C20H20N6O3S/c1-21-17-13-18(25-12(24-17)4-3-10-5-6-30-8-10)26(9-23-13)14-11-7-20(11,19(29)22-2)16(28)15(14)27/h5-6,8-9,11,14-16,27-28H,7H2,1-2H3,(H,22,29)(H,21,24,25)/t11?,14-,15+,16?,20-/m1/s1. The molecule has 5 rings (SSSR count). The molecular formula is C20H20N6O3S. The highest BCUT2D eigenvalue weighted by Gasteiger charge is 2.75. The van der Waals surface area contributed by atoms with E-state index in [-0.39, 0.29) is 11.8 Å². The zero-order valence-corrected chi connectivity index (χ0v) is 17.1. The molecule has 3 aromatic rings. The van der Waals surface area contributed by atoms with E-state index in [1.165, 1.54) is 7.05 Å². The van der Waals surface area contributed by atoms with Crippen LogP contribution in [0.1, 0.15) is 23.9 Å². The lowest BCUT2D eigenvalue weighted by atomic mass is 9.98. The van der Waals surface area contributed by atoms with E-state index in [2.05, 4.69) is 37.4 Å². The Morgan fingerprint density at radius 2 is 2.17 bits per heavy atom. The quantitative estimate of drug-likeness (QED) is 0.447. The molecule has 2 aliphatic rings. The fraction of sp³-hybridized carbons (Fsp3) is 0.400. The minimum absolute atomic E-state index is 0.201. The van der Waals surface area contributed by atoms with Crippen molar-refractivity contribution >= 4 is 34.2 Å². The molecular weight excluding hydrogens is 404 g/mol. The molecule has 0 bridgehead atoms. The SMILES string of the molecule is CNC(=O)[C@]12CC1[C@@H](n1cnc3c(NC)nc(C#Cc4ccsc4)nc31)[C@H](O)C2O. The number of thiophene rings is 1. The topological polar surface area (TPSA) is 125 Å². The fourth-order valence-corrected chi connectivity index (χ4v) is 5.20. The maximum absolute atomic E-state index is 12.4. The molecule has 0 aromatic carbocycles. The summed E-state index contributed by atoms with van der Waals surface area (Å²) in [6.07, 6.45) is -0.167. The second kappa shape index (κ2) is 6.77. The zero-order chi connectivity index (χ0) is 21.0. The van der Waals surface area contributed by atoms with Crippen molar-refractivity contribution < 1.29 is 15.0 Å². The number of hydrogen-bond acceptors (Lipinski definition) is 8. The Kier molecular flexibility index (Phi) is 4.28. The largest absolute Gasteiger partial charge is 0.389 e. The molecule has 10 heteroatoms. The molecule has 9 nitrogen and oxygen atoms in total. The summed E-state index contributed by atoms with van der Waals surface area (Å²) in [5.74, 6) is 6.40. The van der Waals surface area contributed by atoms with E-state index in [0.29, 0.717) is 29.2 Å². The third-order valence-electron chi connectivity index (χ3n) is 6.14. The van der Waals surface area contributed by atoms with Gasteiger partial charge in [-0.1, -0.05) is 5.92 Å². The zero-order valence-electron chi connectivity index (χ0n) is 16.3. The molecule has 154 valence electrons. The predicted octanol–water partition coefficient (Wildman–Crippen LogP) is 0.358. The Hall–Kier alpha value is -3.00. The van der Waals surface area contributed by atoms with E-state index < -0.39 is 23.7 Å². The average molecular weight is 424 g/mol. The molecule has 1 amide bonds. The Bertz CT molecular complexity index is 1200. The number of rotatable bonds is 3. The summed E-state index contributed by atoms with van der Waals surface area (Å²) in [5, 5.41) is 30.9. The van der Waals surface area contributed by atoms with Gasteiger partial charge in [0, 0.05) is 31.0 Å². The minimum atomic E-state index is -1.15. The highest BCUT2D eigenvalue weighted by molar-refractivity contribution is 7.08. The van der Waals surface area contributed by atoms with Gasteiger partial charge >= 0.3 is 0 Å². The van der Waals surface area contributed by atoms with Gasteiger partial charge in [-0.3, -0.25) is 4.79 Å². The normalized spacial score (nSPS) is 29.2. The lowest BCUT2D eigenvalue weighted by Crippen LogP contribution is -2.41. The van der Waals surface area contributed by atoms with Gasteiger partial charge in [0.05, 0.1) is 23.9 Å². The van der Waals surface area contributed by atoms with E-state index in [0.717, 1.165) is 5.56 Å². The van der Waals surface area contributed by atoms with Crippen molar-refractivity contribution in [3.63, 3.8) is 0 Å². The number of amides is 1. The molecule has 4 N–H and O–H groups in total. The first-order chi connectivity index (χ1) is 14.5. The van der Waals surface area contributed by atoms with Crippen LogP contribution in [-0.4, -0.2) is 61.9 Å². The van der Waals surface area contributed by atoms with Gasteiger partial charge in [-0.05, 0) is 23.8 Å². The molecule has 5 atom stereocenters. The van der Waals surface area contributed by atoms with Crippen LogP contribution in [0.15, 0.2) is 23.2 Å². The summed E-state index contributed by atoms with van der Waals surface area (Å²) in [6, 6.07) is 1.40. The van der Waals surface area contributed by atoms with E-state index >= 15 is 0 Å². The first-order valence-electron chi connectivity index (χ1n) is 9.56. The van der Waals surface area contributed by atoms with Crippen molar-refractivity contribution in [3.8, 4) is 11.8 Å². The van der Waals surface area contributed by atoms with Crippen molar-refractivity contribution in [1.29, 1.82) is 0 Å². The van der Waals surface area contributed by atoms with Crippen molar-refractivity contribution in [2.24, 2.45) is 11.3 Å². The molecule has 3 heterocycles. The minimum Gasteiger partial charge on any atom is -0.389 e. The van der Waals surface area contributed by atoms with Crippen LogP contribution in [0.2, 0.25) is 0 Å². The second-order valence-corrected chi connectivity index (χ2v) is 8.37. The lowest BCUT2D eigenvalue weighted by molar-refractivity contribution is -0.132. The molecule has 2 aliphatic carbocycles. The van der Waals surface area contributed by atoms with Gasteiger partial charge in [-0.25, -0.2) is 15.0 Å². The van der Waals surface area contributed by atoms with Crippen LogP contribution in [0.3, 0.4) is 0 Å². The number of nitrogens with zero attached hydrogens (tertiary/aromatic N) is 4. The van der Waals surface area contributed by atoms with Crippen LogP contribution in [0.5, 0.6) is 0 Å². The van der Waals surface area contributed by atoms with Gasteiger partial charge in [0.15, 0.2) is 17.0 Å². The summed E-state index contributed by atoms with van der Waals surface area (Å²) in [4.78, 5) is 25.8. The van der Waals surface area contributed by atoms with Gasteiger partial charge in [0.1, 0.15) is 6.10 Å². The maximum Gasteiger partial charge on any atom is 0.229 e. The third-order valence-corrected chi connectivity index (χ3v) is 6.82. The number of aromatic nitrogens is 4. The first-order valence-corrected chi connectivity index (χ1v) is 10.5. The predicted molar refractivity (Wildman–Crippen MR) is 111 cm³/mol. The number of aliphatic hydroxyl groups is 2. The highest BCUT2D eigenvalue weighted by Crippen LogP contribution is 2.67. The van der Waals surface area contributed by atoms with Crippen molar-refractivity contribution in [1.82, 2.24) is 24.8 Å². The molecule has 3 aromatic heterocycles. The summed E-state index contributed by atoms with van der Waals surface area (Å²) in [5.41, 5.74) is 0.958. The van der Waals surface area contributed by atoms with Crippen LogP contribution in [0, 0.1) is 23.2 Å². The molecule has 2 unspecified atom stereocenters. The first kappa shape index (κ1) is 19.0. The summed E-state index contributed by atoms with van der Waals surface area (Å²) in [7, 11) is 3.28. The number of nitrogens with one attached hydrogen (secondary N) is 2. The van der Waals surface area contributed by atoms with E-state index in [4.69, 9.17) is 0 Å². The molecule has 30 heavy (non-hydrogen) atoms. The maximum atomic E-state index is 12.4. The Morgan fingerprint density at radius 3 is 2.87 bits per heavy atom. The number of aliphatic hydroxyl groups excluding tert-OH is 2. The molecule has 2 fully saturated rings. The van der Waals surface area contributed by atoms with E-state index in [9.17, 15) is 15.0 Å². The molecule has 2 saturated carbocycles. The van der Waals surface area contributed by atoms with Crippen LogP contribution >= 0.6 is 11.3 Å². The number of imidazole rings is 1. The van der Waals surface area contributed by atoms with Crippen molar-refractivity contribution in [2.75, 3.05) is 19.4 Å². The monoisotopic (exact) mass is 424 g/mol. The smallest absolute Gasteiger partial charge is 0.229 e. The Morgan fingerprint density at radius 1 is 1.33 bits per heavy atom. The highest BCUT2D eigenvalue weighted by atomic mass is 32.1. The lowest BCUT2D eigenvalue weighted by Gasteiger charge is -2.23. The van der Waals surface area contributed by atoms with Crippen LogP contribution in [0.25, 0.3) is 11.2 Å². The number of carbonyl (C=O) groups excluding carboxylic acids is 1. The molecule has 0 saturated heterocycles. The molecule has 0 radical (unpaired) electrons. The van der Waals surface area contributed by atoms with Crippen LogP contribution in [0.4, 0.5) is 5.82 Å². The van der Waals surface area contributed by atoms with Gasteiger partial charge in [0.25, 0.3) is 0 Å².